The molecule has 0 heterocycles. The Bertz CT molecular complexity index is 1230. The molecule has 0 saturated heterocycles. The minimum atomic E-state index is -3.81. The highest BCUT2D eigenvalue weighted by molar-refractivity contribution is 7.92. The molecule has 0 unspecified atom stereocenters. The van der Waals surface area contributed by atoms with Gasteiger partial charge in [0.1, 0.15) is 11.5 Å². The first-order chi connectivity index (χ1) is 16.3. The highest BCUT2D eigenvalue weighted by Crippen LogP contribution is 2.20. The second-order valence-electron chi connectivity index (χ2n) is 6.73. The fourth-order valence-corrected chi connectivity index (χ4v) is 3.81. The SMILES string of the molecule is CCOc1ccc(S(=O)(=O)Nc2ccc(C(=O)NN=Cc3ccc(OC(F)F)cc3)cc2)cc1. The predicted molar refractivity (Wildman–Crippen MR) is 123 cm³/mol. The van der Waals surface area contributed by atoms with Gasteiger partial charge in [-0.25, -0.2) is 13.8 Å². The number of hydrogen-bond donors (Lipinski definition) is 2. The number of ether oxygens (including phenoxy) is 2. The Labute approximate surface area is 195 Å². The molecule has 0 aliphatic rings. The number of nitrogens with one attached hydrogen (secondary N) is 2. The second kappa shape index (κ2) is 11.2. The van der Waals surface area contributed by atoms with Crippen LogP contribution in [0, 0.1) is 0 Å². The van der Waals surface area contributed by atoms with Gasteiger partial charge in [-0.1, -0.05) is 0 Å². The number of hydrazone groups is 1. The van der Waals surface area contributed by atoms with Crippen LogP contribution in [0.4, 0.5) is 14.5 Å². The minimum Gasteiger partial charge on any atom is -0.494 e. The molecule has 0 atom stereocenters. The molecule has 11 heteroatoms. The number of halogens is 2. The van der Waals surface area contributed by atoms with Gasteiger partial charge in [0.05, 0.1) is 17.7 Å². The van der Waals surface area contributed by atoms with E-state index in [2.05, 4.69) is 20.0 Å². The van der Waals surface area contributed by atoms with Crippen LogP contribution in [0.25, 0.3) is 0 Å². The molecule has 178 valence electrons. The smallest absolute Gasteiger partial charge is 0.387 e. The van der Waals surface area contributed by atoms with Crippen molar-refractivity contribution in [1.29, 1.82) is 0 Å². The number of carbonyl (C=O) groups is 1. The monoisotopic (exact) mass is 489 g/mol. The summed E-state index contributed by atoms with van der Waals surface area (Å²) >= 11 is 0. The zero-order valence-corrected chi connectivity index (χ0v) is 18.8. The van der Waals surface area contributed by atoms with Crippen LogP contribution in [0.5, 0.6) is 11.5 Å². The topological polar surface area (TPSA) is 106 Å². The molecule has 0 spiro atoms. The third-order valence-electron chi connectivity index (χ3n) is 4.33. The summed E-state index contributed by atoms with van der Waals surface area (Å²) in [4.78, 5) is 12.3. The molecule has 3 aromatic rings. The molecular weight excluding hydrogens is 468 g/mol. The lowest BCUT2D eigenvalue weighted by molar-refractivity contribution is -0.0498. The van der Waals surface area contributed by atoms with Crippen LogP contribution in [0.3, 0.4) is 0 Å². The number of amides is 1. The van der Waals surface area contributed by atoms with Crippen molar-refractivity contribution in [2.75, 3.05) is 11.3 Å². The van der Waals surface area contributed by atoms with Crippen LogP contribution in [-0.4, -0.2) is 33.8 Å². The Morgan fingerprint density at radius 3 is 2.18 bits per heavy atom. The first-order valence-electron chi connectivity index (χ1n) is 10.0. The fourth-order valence-electron chi connectivity index (χ4n) is 2.75. The number of carbonyl (C=O) groups excluding carboxylic acids is 1. The van der Waals surface area contributed by atoms with Crippen molar-refractivity contribution in [3.05, 3.63) is 83.9 Å². The van der Waals surface area contributed by atoms with Crippen molar-refractivity contribution in [3.63, 3.8) is 0 Å². The third kappa shape index (κ3) is 7.01. The van der Waals surface area contributed by atoms with E-state index >= 15 is 0 Å². The van der Waals surface area contributed by atoms with Gasteiger partial charge in [0.25, 0.3) is 15.9 Å². The zero-order chi connectivity index (χ0) is 24.6. The lowest BCUT2D eigenvalue weighted by Gasteiger charge is -2.09. The highest BCUT2D eigenvalue weighted by Gasteiger charge is 2.15. The lowest BCUT2D eigenvalue weighted by Crippen LogP contribution is -2.18. The Balaban J connectivity index is 1.57. The summed E-state index contributed by atoms with van der Waals surface area (Å²) in [6.07, 6.45) is 1.34. The van der Waals surface area contributed by atoms with E-state index in [0.29, 0.717) is 17.9 Å². The number of rotatable bonds is 10. The molecule has 0 radical (unpaired) electrons. The van der Waals surface area contributed by atoms with Gasteiger partial charge in [-0.05, 0) is 85.3 Å². The van der Waals surface area contributed by atoms with Crippen LogP contribution in [-0.2, 0) is 10.0 Å². The second-order valence-corrected chi connectivity index (χ2v) is 8.42. The first-order valence-corrected chi connectivity index (χ1v) is 11.5. The Kier molecular flexibility index (Phi) is 8.14. The van der Waals surface area contributed by atoms with Crippen LogP contribution >= 0.6 is 0 Å². The van der Waals surface area contributed by atoms with E-state index in [4.69, 9.17) is 4.74 Å². The van der Waals surface area contributed by atoms with Crippen LogP contribution in [0.1, 0.15) is 22.8 Å². The summed E-state index contributed by atoms with van der Waals surface area (Å²) in [6.45, 7) is -0.605. The molecule has 0 aliphatic heterocycles. The summed E-state index contributed by atoms with van der Waals surface area (Å²) in [5, 5.41) is 3.82. The van der Waals surface area contributed by atoms with Crippen LogP contribution in [0.2, 0.25) is 0 Å². The maximum Gasteiger partial charge on any atom is 0.387 e. The van der Waals surface area contributed by atoms with E-state index in [1.165, 1.54) is 66.9 Å². The minimum absolute atomic E-state index is 0.00873. The largest absolute Gasteiger partial charge is 0.494 e. The quantitative estimate of drug-likeness (QED) is 0.327. The van der Waals surface area contributed by atoms with Gasteiger partial charge in [0.2, 0.25) is 0 Å². The van der Waals surface area contributed by atoms with Gasteiger partial charge in [-0.2, -0.15) is 13.9 Å². The van der Waals surface area contributed by atoms with Crippen LogP contribution < -0.4 is 19.6 Å². The number of nitrogens with zero attached hydrogens (tertiary/aromatic N) is 1. The normalized spacial score (nSPS) is 11.4. The van der Waals surface area contributed by atoms with Crippen molar-refractivity contribution in [2.24, 2.45) is 5.10 Å². The fraction of sp³-hybridized carbons (Fsp3) is 0.130. The van der Waals surface area contributed by atoms with E-state index in [1.54, 1.807) is 12.1 Å². The summed E-state index contributed by atoms with van der Waals surface area (Å²) < 4.78 is 61.4. The van der Waals surface area contributed by atoms with Gasteiger partial charge >= 0.3 is 6.61 Å². The van der Waals surface area contributed by atoms with E-state index in [9.17, 15) is 22.0 Å². The van der Waals surface area contributed by atoms with Gasteiger partial charge in [-0.3, -0.25) is 9.52 Å². The molecule has 3 aromatic carbocycles. The van der Waals surface area contributed by atoms with Crippen molar-refractivity contribution in [3.8, 4) is 11.5 Å². The molecule has 0 bridgehead atoms. The summed E-state index contributed by atoms with van der Waals surface area (Å²) in [5.41, 5.74) is 3.42. The predicted octanol–water partition coefficient (Wildman–Crippen LogP) is 4.25. The molecule has 0 fully saturated rings. The molecule has 0 aliphatic carbocycles. The number of anilines is 1. The van der Waals surface area contributed by atoms with Crippen molar-refractivity contribution in [1.82, 2.24) is 5.43 Å². The number of sulfonamides is 1. The molecule has 1 amide bonds. The van der Waals surface area contributed by atoms with Crippen molar-refractivity contribution < 1.29 is 31.5 Å². The highest BCUT2D eigenvalue weighted by atomic mass is 32.2. The number of hydrogen-bond acceptors (Lipinski definition) is 6. The molecule has 3 rings (SSSR count). The van der Waals surface area contributed by atoms with Crippen LogP contribution in [0.15, 0.2) is 82.8 Å². The standard InChI is InChI=1S/C23H21F2N3O5S/c1-2-32-19-11-13-21(14-12-19)34(30,31)28-18-7-5-17(6-8-18)22(29)27-26-15-16-3-9-20(10-4-16)33-23(24)25/h3-15,23,28H,2H2,1H3,(H,27,29). The Morgan fingerprint density at radius 1 is 0.971 bits per heavy atom. The molecule has 0 saturated carbocycles. The number of benzene rings is 3. The Hall–Kier alpha value is -3.99. The Morgan fingerprint density at radius 2 is 1.59 bits per heavy atom. The average Bonchev–Trinajstić information content (AvgIpc) is 2.80. The van der Waals surface area contributed by atoms with Gasteiger partial charge in [0.15, 0.2) is 0 Å². The molecule has 34 heavy (non-hydrogen) atoms. The molecule has 8 nitrogen and oxygen atoms in total. The molecule has 0 aromatic heterocycles. The van der Waals surface area contributed by atoms with Gasteiger partial charge < -0.3 is 9.47 Å². The average molecular weight is 490 g/mol. The van der Waals surface area contributed by atoms with E-state index in [0.717, 1.165) is 0 Å². The lowest BCUT2D eigenvalue weighted by atomic mass is 10.2. The zero-order valence-electron chi connectivity index (χ0n) is 17.9. The molecular formula is C23H21F2N3O5S. The van der Waals surface area contributed by atoms with E-state index in [1.807, 2.05) is 6.92 Å². The third-order valence-corrected chi connectivity index (χ3v) is 5.73. The first kappa shape index (κ1) is 24.6. The maximum absolute atomic E-state index is 12.5. The maximum atomic E-state index is 12.5. The van der Waals surface area contributed by atoms with Gasteiger partial charge in [-0.15, -0.1) is 0 Å². The molecule has 2 N–H and O–H groups in total. The number of alkyl halides is 2. The summed E-state index contributed by atoms with van der Waals surface area (Å²) in [5.74, 6) is 0.0569. The van der Waals surface area contributed by atoms with Crippen molar-refractivity contribution >= 4 is 27.8 Å². The summed E-state index contributed by atoms with van der Waals surface area (Å²) in [6, 6.07) is 17.5. The van der Waals surface area contributed by atoms with Gasteiger partial charge in [0, 0.05) is 11.3 Å². The van der Waals surface area contributed by atoms with E-state index in [-0.39, 0.29) is 21.9 Å². The van der Waals surface area contributed by atoms with E-state index < -0.39 is 22.5 Å². The van der Waals surface area contributed by atoms with Crippen molar-refractivity contribution in [2.45, 2.75) is 18.4 Å². The summed E-state index contributed by atoms with van der Waals surface area (Å²) in [7, 11) is -3.81.